The van der Waals surface area contributed by atoms with E-state index in [4.69, 9.17) is 10.2 Å². The van der Waals surface area contributed by atoms with E-state index in [-0.39, 0.29) is 12.8 Å². The van der Waals surface area contributed by atoms with E-state index in [9.17, 15) is 19.8 Å². The van der Waals surface area contributed by atoms with Crippen LogP contribution in [-0.4, -0.2) is 44.6 Å². The first-order chi connectivity index (χ1) is 12.9. The molecule has 0 aliphatic heterocycles. The van der Waals surface area contributed by atoms with Crippen molar-refractivity contribution < 1.29 is 30.0 Å². The number of carboxylic acid groups (broad SMARTS) is 2. The van der Waals surface area contributed by atoms with Crippen LogP contribution in [0.25, 0.3) is 0 Å². The third-order valence-corrected chi connectivity index (χ3v) is 3.70. The Morgan fingerprint density at radius 1 is 0.704 bits per heavy atom. The van der Waals surface area contributed by atoms with Crippen molar-refractivity contribution in [3.63, 3.8) is 0 Å². The van der Waals surface area contributed by atoms with Crippen molar-refractivity contribution in [2.24, 2.45) is 0 Å². The lowest BCUT2D eigenvalue weighted by molar-refractivity contribution is -0.138. The summed E-state index contributed by atoms with van der Waals surface area (Å²) < 4.78 is 0. The molecule has 0 radical (unpaired) electrons. The standard InChI is InChI=1S/C21H32O6/c22-18(12-7-3-1-2-4-10-16-20(24)25)13-8-5-6-9-14-19(23)15-11-17-21(26)27/h3,5-9,13-14,18-19,22-23H,1-2,4,10-12,15-17H2,(H,24,25)(H,26,27)/b6-5+,7-3+,13-8+,14-9+. The third-order valence-electron chi connectivity index (χ3n) is 3.70. The summed E-state index contributed by atoms with van der Waals surface area (Å²) in [5, 5.41) is 36.4. The van der Waals surface area contributed by atoms with Crippen molar-refractivity contribution in [2.45, 2.75) is 70.0 Å². The van der Waals surface area contributed by atoms with Crippen molar-refractivity contribution in [2.75, 3.05) is 0 Å². The Kier molecular flexibility index (Phi) is 15.9. The molecule has 152 valence electrons. The van der Waals surface area contributed by atoms with Gasteiger partial charge in [-0.3, -0.25) is 9.59 Å². The van der Waals surface area contributed by atoms with Gasteiger partial charge in [0.2, 0.25) is 0 Å². The van der Waals surface area contributed by atoms with Crippen LogP contribution in [0.4, 0.5) is 0 Å². The summed E-state index contributed by atoms with van der Waals surface area (Å²) in [6, 6.07) is 0. The fourth-order valence-electron chi connectivity index (χ4n) is 2.22. The SMILES string of the molecule is O=C(O)CCCCC/C=C/CC(O)/C=C/C=C/C=C/C(O)CCCC(=O)O. The van der Waals surface area contributed by atoms with Gasteiger partial charge in [-0.1, -0.05) is 55.0 Å². The molecule has 0 saturated carbocycles. The van der Waals surface area contributed by atoms with Gasteiger partial charge in [-0.2, -0.15) is 0 Å². The van der Waals surface area contributed by atoms with Gasteiger partial charge in [-0.15, -0.1) is 0 Å². The number of hydrogen-bond donors (Lipinski definition) is 4. The van der Waals surface area contributed by atoms with Crippen LogP contribution in [0.1, 0.15) is 57.8 Å². The average molecular weight is 380 g/mol. The van der Waals surface area contributed by atoms with Gasteiger partial charge in [0.15, 0.2) is 0 Å². The molecule has 0 aliphatic carbocycles. The number of aliphatic hydroxyl groups excluding tert-OH is 2. The van der Waals surface area contributed by atoms with Gasteiger partial charge in [0.25, 0.3) is 0 Å². The van der Waals surface area contributed by atoms with E-state index in [2.05, 4.69) is 0 Å². The molecule has 0 saturated heterocycles. The molecule has 0 aliphatic rings. The molecule has 0 spiro atoms. The molecule has 27 heavy (non-hydrogen) atoms. The van der Waals surface area contributed by atoms with E-state index < -0.39 is 24.1 Å². The van der Waals surface area contributed by atoms with Crippen LogP contribution >= 0.6 is 0 Å². The van der Waals surface area contributed by atoms with Gasteiger partial charge >= 0.3 is 11.9 Å². The summed E-state index contributed by atoms with van der Waals surface area (Å²) in [5.74, 6) is -1.61. The number of aliphatic carboxylic acids is 2. The molecule has 0 fully saturated rings. The summed E-state index contributed by atoms with van der Waals surface area (Å²) >= 11 is 0. The van der Waals surface area contributed by atoms with Crippen LogP contribution in [0, 0.1) is 0 Å². The van der Waals surface area contributed by atoms with E-state index in [1.54, 1.807) is 36.5 Å². The highest BCUT2D eigenvalue weighted by molar-refractivity contribution is 5.66. The number of aliphatic hydroxyl groups is 2. The molecule has 0 amide bonds. The molecule has 0 aromatic rings. The van der Waals surface area contributed by atoms with Crippen molar-refractivity contribution >= 4 is 11.9 Å². The maximum Gasteiger partial charge on any atom is 0.303 e. The highest BCUT2D eigenvalue weighted by Crippen LogP contribution is 2.05. The van der Waals surface area contributed by atoms with Crippen LogP contribution in [-0.2, 0) is 9.59 Å². The fourth-order valence-corrected chi connectivity index (χ4v) is 2.22. The van der Waals surface area contributed by atoms with Gasteiger partial charge in [0, 0.05) is 12.8 Å². The summed E-state index contributed by atoms with van der Waals surface area (Å²) in [6.45, 7) is 0. The van der Waals surface area contributed by atoms with Crippen molar-refractivity contribution in [1.82, 2.24) is 0 Å². The zero-order valence-electron chi connectivity index (χ0n) is 15.7. The van der Waals surface area contributed by atoms with Gasteiger partial charge in [-0.25, -0.2) is 0 Å². The first kappa shape index (κ1) is 24.8. The van der Waals surface area contributed by atoms with Crippen LogP contribution in [0.5, 0.6) is 0 Å². The summed E-state index contributed by atoms with van der Waals surface area (Å²) in [7, 11) is 0. The lowest BCUT2D eigenvalue weighted by Gasteiger charge is -2.02. The number of hydrogen-bond acceptors (Lipinski definition) is 4. The number of unbranched alkanes of at least 4 members (excludes halogenated alkanes) is 3. The second-order valence-electron chi connectivity index (χ2n) is 6.28. The van der Waals surface area contributed by atoms with Gasteiger partial charge in [0.1, 0.15) is 0 Å². The van der Waals surface area contributed by atoms with Crippen LogP contribution in [0.15, 0.2) is 48.6 Å². The Hall–Kier alpha value is -2.18. The summed E-state index contributed by atoms with van der Waals surface area (Å²) in [4.78, 5) is 20.7. The molecule has 0 aromatic heterocycles. The second kappa shape index (κ2) is 17.2. The monoisotopic (exact) mass is 380 g/mol. The van der Waals surface area contributed by atoms with Gasteiger partial charge in [0.05, 0.1) is 12.2 Å². The third kappa shape index (κ3) is 20.0. The maximum absolute atomic E-state index is 10.4. The van der Waals surface area contributed by atoms with Crippen molar-refractivity contribution in [1.29, 1.82) is 0 Å². The second-order valence-corrected chi connectivity index (χ2v) is 6.28. The normalized spacial score (nSPS) is 14.6. The van der Waals surface area contributed by atoms with E-state index in [0.717, 1.165) is 19.3 Å². The lowest BCUT2D eigenvalue weighted by Crippen LogP contribution is -2.03. The van der Waals surface area contributed by atoms with E-state index in [0.29, 0.717) is 25.7 Å². The highest BCUT2D eigenvalue weighted by atomic mass is 16.4. The first-order valence-electron chi connectivity index (χ1n) is 9.38. The molecular weight excluding hydrogens is 348 g/mol. The average Bonchev–Trinajstić information content (AvgIpc) is 2.59. The lowest BCUT2D eigenvalue weighted by atomic mass is 10.1. The van der Waals surface area contributed by atoms with Crippen LogP contribution in [0.3, 0.4) is 0 Å². The van der Waals surface area contributed by atoms with Gasteiger partial charge in [-0.05, 0) is 38.5 Å². The minimum absolute atomic E-state index is 0.0561. The largest absolute Gasteiger partial charge is 0.481 e. The Morgan fingerprint density at radius 2 is 1.30 bits per heavy atom. The quantitative estimate of drug-likeness (QED) is 0.185. The van der Waals surface area contributed by atoms with Gasteiger partial charge < -0.3 is 20.4 Å². The fraction of sp³-hybridized carbons (Fsp3) is 0.524. The Balaban J connectivity index is 3.77. The Morgan fingerprint density at radius 3 is 1.93 bits per heavy atom. The molecule has 4 N–H and O–H groups in total. The zero-order chi connectivity index (χ0) is 20.3. The molecule has 2 unspecified atom stereocenters. The highest BCUT2D eigenvalue weighted by Gasteiger charge is 2.01. The molecule has 0 bridgehead atoms. The Bertz CT molecular complexity index is 519. The molecular formula is C21H32O6. The molecule has 2 atom stereocenters. The molecule has 6 nitrogen and oxygen atoms in total. The van der Waals surface area contributed by atoms with E-state index in [1.807, 2.05) is 12.2 Å². The summed E-state index contributed by atoms with van der Waals surface area (Å²) in [5.41, 5.74) is 0. The smallest absolute Gasteiger partial charge is 0.303 e. The number of allylic oxidation sites excluding steroid dienone is 5. The molecule has 0 aromatic carbocycles. The van der Waals surface area contributed by atoms with Crippen molar-refractivity contribution in [3.05, 3.63) is 48.6 Å². The van der Waals surface area contributed by atoms with Crippen LogP contribution in [0.2, 0.25) is 0 Å². The number of carbonyl (C=O) groups is 2. The molecule has 0 heterocycles. The predicted molar refractivity (Wildman–Crippen MR) is 105 cm³/mol. The minimum Gasteiger partial charge on any atom is -0.481 e. The first-order valence-corrected chi connectivity index (χ1v) is 9.38. The summed E-state index contributed by atoms with van der Waals surface area (Å²) in [6.07, 6.45) is 18.0. The number of rotatable bonds is 16. The Labute approximate surface area is 161 Å². The molecule has 0 rings (SSSR count). The van der Waals surface area contributed by atoms with Crippen LogP contribution < -0.4 is 0 Å². The minimum atomic E-state index is -0.861. The van der Waals surface area contributed by atoms with Crippen molar-refractivity contribution in [3.8, 4) is 0 Å². The van der Waals surface area contributed by atoms with E-state index in [1.165, 1.54) is 0 Å². The maximum atomic E-state index is 10.4. The number of carboxylic acids is 2. The topological polar surface area (TPSA) is 115 Å². The zero-order valence-corrected chi connectivity index (χ0v) is 15.7. The predicted octanol–water partition coefficient (Wildman–Crippen LogP) is 3.61. The molecule has 6 heteroatoms. The van der Waals surface area contributed by atoms with E-state index >= 15 is 0 Å².